The molecule has 0 spiro atoms. The summed E-state index contributed by atoms with van der Waals surface area (Å²) in [4.78, 5) is 21.2. The Hall–Kier alpha value is -3.11. The highest BCUT2D eigenvalue weighted by atomic mass is 32.2. The predicted molar refractivity (Wildman–Crippen MR) is 110 cm³/mol. The third-order valence-corrected chi connectivity index (χ3v) is 5.88. The molecule has 0 fully saturated rings. The normalized spacial score (nSPS) is 12.7. The fourth-order valence-corrected chi connectivity index (χ4v) is 3.88. The lowest BCUT2D eigenvalue weighted by Gasteiger charge is -2.18. The highest BCUT2D eigenvalue weighted by Gasteiger charge is 2.26. The first-order valence-electron chi connectivity index (χ1n) is 9.46. The molecule has 3 rings (SSSR count). The Morgan fingerprint density at radius 3 is 2.57 bits per heavy atom. The molecular weight excluding hydrogens is 406 g/mol. The summed E-state index contributed by atoms with van der Waals surface area (Å²) in [6.45, 7) is 5.76. The molecule has 0 bridgehead atoms. The summed E-state index contributed by atoms with van der Waals surface area (Å²) in [7, 11) is -3.67. The number of hydrogen-bond acceptors (Lipinski definition) is 7. The summed E-state index contributed by atoms with van der Waals surface area (Å²) in [5.74, 6) is 0.173. The van der Waals surface area contributed by atoms with Gasteiger partial charge in [-0.2, -0.15) is 4.98 Å². The van der Waals surface area contributed by atoms with Gasteiger partial charge in [-0.1, -0.05) is 32.0 Å². The quantitative estimate of drug-likeness (QED) is 0.563. The fraction of sp³-hybridized carbons (Fsp3) is 0.300. The molecule has 30 heavy (non-hydrogen) atoms. The van der Waals surface area contributed by atoms with Gasteiger partial charge in [-0.05, 0) is 36.2 Å². The second kappa shape index (κ2) is 9.14. The minimum absolute atomic E-state index is 0.0239. The molecule has 10 heteroatoms. The van der Waals surface area contributed by atoms with Crippen molar-refractivity contribution >= 4 is 15.9 Å². The number of carbonyl (C=O) groups is 1. The van der Waals surface area contributed by atoms with E-state index in [9.17, 15) is 13.2 Å². The van der Waals surface area contributed by atoms with Gasteiger partial charge in [0.15, 0.2) is 0 Å². The highest BCUT2D eigenvalue weighted by molar-refractivity contribution is 7.89. The van der Waals surface area contributed by atoms with Crippen LogP contribution in [-0.4, -0.2) is 36.0 Å². The predicted octanol–water partition coefficient (Wildman–Crippen LogP) is 2.56. The number of benzene rings is 1. The van der Waals surface area contributed by atoms with Crippen molar-refractivity contribution in [2.75, 3.05) is 6.54 Å². The number of nitrogens with one attached hydrogen (secondary N) is 2. The highest BCUT2D eigenvalue weighted by Crippen LogP contribution is 2.24. The Bertz CT molecular complexity index is 1110. The molecule has 2 aromatic heterocycles. The van der Waals surface area contributed by atoms with E-state index in [-0.39, 0.29) is 28.8 Å². The maximum atomic E-state index is 12.8. The van der Waals surface area contributed by atoms with E-state index in [2.05, 4.69) is 25.2 Å². The molecule has 0 aliphatic heterocycles. The van der Waals surface area contributed by atoms with Crippen molar-refractivity contribution in [2.45, 2.75) is 31.7 Å². The number of rotatable bonds is 8. The second-order valence-electron chi connectivity index (χ2n) is 6.92. The minimum Gasteiger partial charge on any atom is -0.340 e. The van der Waals surface area contributed by atoms with Crippen LogP contribution in [-0.2, 0) is 10.0 Å². The van der Waals surface area contributed by atoms with E-state index in [0.717, 1.165) is 5.56 Å². The lowest BCUT2D eigenvalue weighted by molar-refractivity contribution is 0.0913. The molecule has 9 nitrogen and oxygen atoms in total. The minimum atomic E-state index is -3.67. The van der Waals surface area contributed by atoms with Crippen molar-refractivity contribution in [3.8, 4) is 11.4 Å². The summed E-state index contributed by atoms with van der Waals surface area (Å²) in [5.41, 5.74) is 0.962. The van der Waals surface area contributed by atoms with Crippen LogP contribution in [0, 0.1) is 5.92 Å². The van der Waals surface area contributed by atoms with E-state index in [4.69, 9.17) is 4.52 Å². The average molecular weight is 430 g/mol. The summed E-state index contributed by atoms with van der Waals surface area (Å²) in [6, 6.07) is 8.82. The van der Waals surface area contributed by atoms with Crippen LogP contribution >= 0.6 is 0 Å². The van der Waals surface area contributed by atoms with Crippen LogP contribution < -0.4 is 10.0 Å². The molecule has 2 N–H and O–H groups in total. The van der Waals surface area contributed by atoms with Gasteiger partial charge in [0, 0.05) is 30.1 Å². The van der Waals surface area contributed by atoms with Gasteiger partial charge in [0.05, 0.1) is 4.90 Å². The zero-order valence-electron chi connectivity index (χ0n) is 16.9. The summed E-state index contributed by atoms with van der Waals surface area (Å²) in [6.07, 6.45) is 3.25. The number of nitrogens with zero attached hydrogens (tertiary/aromatic N) is 3. The zero-order chi connectivity index (χ0) is 21.7. The molecular formula is C20H23N5O4S. The van der Waals surface area contributed by atoms with Gasteiger partial charge in [-0.3, -0.25) is 9.78 Å². The first kappa shape index (κ1) is 21.6. The molecule has 1 amide bonds. The summed E-state index contributed by atoms with van der Waals surface area (Å²) < 4.78 is 32.2. The fourth-order valence-electron chi connectivity index (χ4n) is 2.80. The SMILES string of the molecule is CCNS(=O)(=O)c1cccc(C(=O)NC(c2nc(-c3ccncc3)no2)C(C)C)c1. The van der Waals surface area contributed by atoms with E-state index in [1.165, 1.54) is 18.2 Å². The molecule has 1 unspecified atom stereocenters. The Labute approximate surface area is 175 Å². The standard InChI is InChI=1S/C20H23N5O4S/c1-4-22-30(27,28)16-7-5-6-15(12-16)19(26)23-17(13(2)3)20-24-18(25-29-20)14-8-10-21-11-9-14/h5-13,17,22H,4H2,1-3H3,(H,23,26). The third kappa shape index (κ3) is 4.89. The van der Waals surface area contributed by atoms with Crippen molar-refractivity contribution in [1.82, 2.24) is 25.2 Å². The van der Waals surface area contributed by atoms with Crippen LogP contribution in [0.5, 0.6) is 0 Å². The second-order valence-corrected chi connectivity index (χ2v) is 8.68. The van der Waals surface area contributed by atoms with Crippen LogP contribution in [0.2, 0.25) is 0 Å². The summed E-state index contributed by atoms with van der Waals surface area (Å²) in [5, 5.41) is 6.85. The Morgan fingerprint density at radius 1 is 1.17 bits per heavy atom. The number of carbonyl (C=O) groups excluding carboxylic acids is 1. The molecule has 0 saturated carbocycles. The summed E-state index contributed by atoms with van der Waals surface area (Å²) >= 11 is 0. The maximum absolute atomic E-state index is 12.8. The number of hydrogen-bond donors (Lipinski definition) is 2. The van der Waals surface area contributed by atoms with Crippen LogP contribution in [0.4, 0.5) is 0 Å². The molecule has 0 radical (unpaired) electrons. The number of sulfonamides is 1. The Morgan fingerprint density at radius 2 is 1.90 bits per heavy atom. The van der Waals surface area contributed by atoms with Gasteiger partial charge in [-0.15, -0.1) is 0 Å². The Balaban J connectivity index is 1.83. The smallest absolute Gasteiger partial charge is 0.251 e. The van der Waals surface area contributed by atoms with Crippen molar-refractivity contribution < 1.29 is 17.7 Å². The molecule has 158 valence electrons. The van der Waals surface area contributed by atoms with Crippen molar-refractivity contribution in [3.63, 3.8) is 0 Å². The van der Waals surface area contributed by atoms with Gasteiger partial charge in [-0.25, -0.2) is 13.1 Å². The Kier molecular flexibility index (Phi) is 6.58. The number of pyridine rings is 1. The van der Waals surface area contributed by atoms with E-state index in [1.807, 2.05) is 13.8 Å². The van der Waals surface area contributed by atoms with E-state index >= 15 is 0 Å². The largest absolute Gasteiger partial charge is 0.340 e. The van der Waals surface area contributed by atoms with Gasteiger partial charge in [0.25, 0.3) is 5.91 Å². The number of amides is 1. The monoisotopic (exact) mass is 429 g/mol. The van der Waals surface area contributed by atoms with Crippen LogP contribution in [0.1, 0.15) is 43.1 Å². The topological polar surface area (TPSA) is 127 Å². The lowest BCUT2D eigenvalue weighted by atomic mass is 10.0. The molecule has 1 atom stereocenters. The van der Waals surface area contributed by atoms with Crippen molar-refractivity contribution in [2.24, 2.45) is 5.92 Å². The zero-order valence-corrected chi connectivity index (χ0v) is 17.7. The molecule has 0 aliphatic rings. The van der Waals surface area contributed by atoms with Gasteiger partial charge in [0.1, 0.15) is 6.04 Å². The average Bonchev–Trinajstić information content (AvgIpc) is 3.22. The van der Waals surface area contributed by atoms with Crippen molar-refractivity contribution in [1.29, 1.82) is 0 Å². The molecule has 2 heterocycles. The third-order valence-electron chi connectivity index (χ3n) is 4.34. The van der Waals surface area contributed by atoms with E-state index < -0.39 is 22.0 Å². The number of aromatic nitrogens is 3. The van der Waals surface area contributed by atoms with Gasteiger partial charge in [0.2, 0.25) is 21.7 Å². The maximum Gasteiger partial charge on any atom is 0.251 e. The first-order chi connectivity index (χ1) is 14.3. The lowest BCUT2D eigenvalue weighted by Crippen LogP contribution is -2.32. The van der Waals surface area contributed by atoms with Gasteiger partial charge < -0.3 is 9.84 Å². The van der Waals surface area contributed by atoms with Crippen molar-refractivity contribution in [3.05, 3.63) is 60.2 Å². The molecule has 1 aromatic carbocycles. The van der Waals surface area contributed by atoms with E-state index in [1.54, 1.807) is 37.5 Å². The van der Waals surface area contributed by atoms with Gasteiger partial charge >= 0.3 is 0 Å². The molecule has 0 saturated heterocycles. The van der Waals surface area contributed by atoms with Crippen LogP contribution in [0.15, 0.2) is 58.2 Å². The molecule has 0 aliphatic carbocycles. The van der Waals surface area contributed by atoms with E-state index in [0.29, 0.717) is 5.82 Å². The van der Waals surface area contributed by atoms with Crippen LogP contribution in [0.3, 0.4) is 0 Å². The van der Waals surface area contributed by atoms with Crippen LogP contribution in [0.25, 0.3) is 11.4 Å². The molecule has 3 aromatic rings. The first-order valence-corrected chi connectivity index (χ1v) is 10.9.